The molecule has 0 fully saturated rings. The second-order valence-electron chi connectivity index (χ2n) is 4.71. The summed E-state index contributed by atoms with van der Waals surface area (Å²) in [6, 6.07) is 1.73. The molecule has 21 heavy (non-hydrogen) atoms. The van der Waals surface area contributed by atoms with Crippen molar-refractivity contribution >= 4 is 33.7 Å². The Morgan fingerprint density at radius 1 is 1.43 bits per heavy atom. The first kappa shape index (κ1) is 14.3. The number of amides is 1. The fourth-order valence-corrected chi connectivity index (χ4v) is 4.02. The van der Waals surface area contributed by atoms with Crippen LogP contribution in [0.3, 0.4) is 0 Å². The summed E-state index contributed by atoms with van der Waals surface area (Å²) in [6.07, 6.45) is 4.48. The smallest absolute Gasteiger partial charge is 0.258 e. The average Bonchev–Trinajstić information content (AvgIpc) is 3.11. The number of nitrogens with one attached hydrogen (secondary N) is 1. The molecule has 1 aliphatic rings. The molecule has 3 rings (SSSR count). The molecule has 0 aliphatic heterocycles. The number of thiazole rings is 1. The third-order valence-corrected chi connectivity index (χ3v) is 5.14. The third kappa shape index (κ3) is 3.32. The number of aryl methyl sites for hydroxylation is 2. The van der Waals surface area contributed by atoms with Crippen molar-refractivity contribution in [2.24, 2.45) is 0 Å². The minimum absolute atomic E-state index is 0.158. The summed E-state index contributed by atoms with van der Waals surface area (Å²) in [5.41, 5.74) is 1.72. The maximum atomic E-state index is 12.2. The van der Waals surface area contributed by atoms with Crippen molar-refractivity contribution in [2.45, 2.75) is 25.7 Å². The van der Waals surface area contributed by atoms with E-state index < -0.39 is 0 Å². The summed E-state index contributed by atoms with van der Waals surface area (Å²) in [5, 5.41) is 14.0. The van der Waals surface area contributed by atoms with Crippen LogP contribution in [0.15, 0.2) is 11.4 Å². The molecule has 0 saturated carbocycles. The summed E-state index contributed by atoms with van der Waals surface area (Å²) in [5.74, 6) is 5.21. The molecule has 2 aromatic rings. The second-order valence-corrected chi connectivity index (χ2v) is 6.70. The van der Waals surface area contributed by atoms with Crippen molar-refractivity contribution in [2.75, 3.05) is 11.9 Å². The Morgan fingerprint density at radius 2 is 2.29 bits per heavy atom. The zero-order chi connectivity index (χ0) is 14.7. The zero-order valence-corrected chi connectivity index (χ0v) is 12.9. The number of hydrogen-bond donors (Lipinski definition) is 2. The van der Waals surface area contributed by atoms with E-state index >= 15 is 0 Å². The van der Waals surface area contributed by atoms with Gasteiger partial charge in [0.05, 0.1) is 16.1 Å². The van der Waals surface area contributed by atoms with E-state index in [2.05, 4.69) is 22.1 Å². The summed E-state index contributed by atoms with van der Waals surface area (Å²) in [7, 11) is 0. The topological polar surface area (TPSA) is 62.2 Å². The maximum absolute atomic E-state index is 12.2. The number of aliphatic hydroxyl groups is 1. The van der Waals surface area contributed by atoms with E-state index in [4.69, 9.17) is 5.11 Å². The largest absolute Gasteiger partial charge is 0.384 e. The lowest BCUT2D eigenvalue weighted by atomic mass is 10.0. The van der Waals surface area contributed by atoms with Crippen molar-refractivity contribution in [3.8, 4) is 11.8 Å². The van der Waals surface area contributed by atoms with Gasteiger partial charge in [-0.1, -0.05) is 11.8 Å². The lowest BCUT2D eigenvalue weighted by molar-refractivity contribution is 0.102. The van der Waals surface area contributed by atoms with Crippen molar-refractivity contribution in [1.29, 1.82) is 0 Å². The summed E-state index contributed by atoms with van der Waals surface area (Å²) < 4.78 is 0. The minimum Gasteiger partial charge on any atom is -0.384 e. The normalized spacial score (nSPS) is 13.2. The summed E-state index contributed by atoms with van der Waals surface area (Å²) in [4.78, 5) is 18.8. The number of carbonyl (C=O) groups excluding carboxylic acids is 1. The Morgan fingerprint density at radius 3 is 3.10 bits per heavy atom. The molecule has 108 valence electrons. The molecule has 0 radical (unpaired) electrons. The number of aromatic nitrogens is 1. The fraction of sp³-hybridized carbons (Fsp3) is 0.333. The Kier molecular flexibility index (Phi) is 4.34. The molecular weight excluding hydrogens is 304 g/mol. The standard InChI is InChI=1S/C15H14N2O2S2/c18-7-3-4-11-8-10(9-20-11)14(19)17-15-16-12-5-1-2-6-13(12)21-15/h8-9,18H,1-2,5-7H2,(H,16,17,19). The van der Waals surface area contributed by atoms with Crippen LogP contribution in [0, 0.1) is 11.8 Å². The van der Waals surface area contributed by atoms with Crippen molar-refractivity contribution in [3.05, 3.63) is 32.5 Å². The molecule has 4 nitrogen and oxygen atoms in total. The summed E-state index contributed by atoms with van der Waals surface area (Å²) >= 11 is 2.97. The predicted octanol–water partition coefficient (Wildman–Crippen LogP) is 2.68. The monoisotopic (exact) mass is 318 g/mol. The van der Waals surface area contributed by atoms with Crippen LogP contribution in [0.4, 0.5) is 5.13 Å². The van der Waals surface area contributed by atoms with Gasteiger partial charge in [0.1, 0.15) is 6.61 Å². The maximum Gasteiger partial charge on any atom is 0.258 e. The molecule has 2 N–H and O–H groups in total. The van der Waals surface area contributed by atoms with Gasteiger partial charge < -0.3 is 5.11 Å². The molecule has 0 bridgehead atoms. The number of nitrogens with zero attached hydrogens (tertiary/aromatic N) is 1. The zero-order valence-electron chi connectivity index (χ0n) is 11.3. The van der Waals surface area contributed by atoms with E-state index in [9.17, 15) is 4.79 Å². The van der Waals surface area contributed by atoms with Gasteiger partial charge in [-0.15, -0.1) is 22.7 Å². The van der Waals surface area contributed by atoms with Crippen LogP contribution in [0.5, 0.6) is 0 Å². The summed E-state index contributed by atoms with van der Waals surface area (Å²) in [6.45, 7) is -0.176. The van der Waals surface area contributed by atoms with Crippen LogP contribution in [0.2, 0.25) is 0 Å². The molecule has 1 amide bonds. The van der Waals surface area contributed by atoms with Gasteiger partial charge in [0.15, 0.2) is 5.13 Å². The second kappa shape index (κ2) is 6.39. The van der Waals surface area contributed by atoms with Crippen LogP contribution >= 0.6 is 22.7 Å². The molecule has 6 heteroatoms. The van der Waals surface area contributed by atoms with Gasteiger partial charge in [-0.25, -0.2) is 4.98 Å². The number of hydrogen-bond acceptors (Lipinski definition) is 5. The lowest BCUT2D eigenvalue weighted by Gasteiger charge is -2.06. The van der Waals surface area contributed by atoms with Gasteiger partial charge in [0.25, 0.3) is 5.91 Å². The first-order chi connectivity index (χ1) is 10.3. The van der Waals surface area contributed by atoms with Gasteiger partial charge >= 0.3 is 0 Å². The third-order valence-electron chi connectivity index (χ3n) is 3.22. The van der Waals surface area contributed by atoms with E-state index in [1.807, 2.05) is 0 Å². The molecule has 0 aromatic carbocycles. The molecule has 0 unspecified atom stereocenters. The molecule has 0 saturated heterocycles. The van der Waals surface area contributed by atoms with Gasteiger partial charge in [0, 0.05) is 10.3 Å². The van der Waals surface area contributed by atoms with Crippen LogP contribution in [-0.4, -0.2) is 22.6 Å². The lowest BCUT2D eigenvalue weighted by Crippen LogP contribution is -2.10. The van der Waals surface area contributed by atoms with Gasteiger partial charge in [0.2, 0.25) is 0 Å². The Labute approximate surface area is 130 Å². The molecule has 0 spiro atoms. The first-order valence-electron chi connectivity index (χ1n) is 6.74. The minimum atomic E-state index is -0.176. The van der Waals surface area contributed by atoms with Crippen molar-refractivity contribution in [1.82, 2.24) is 4.98 Å². The number of anilines is 1. The van der Waals surface area contributed by atoms with Crippen molar-refractivity contribution in [3.63, 3.8) is 0 Å². The number of aliphatic hydroxyl groups excluding tert-OH is 1. The first-order valence-corrected chi connectivity index (χ1v) is 8.44. The highest BCUT2D eigenvalue weighted by atomic mass is 32.1. The Balaban J connectivity index is 1.71. The van der Waals surface area contributed by atoms with Crippen molar-refractivity contribution < 1.29 is 9.90 Å². The number of rotatable bonds is 2. The average molecular weight is 318 g/mol. The van der Waals surface area contributed by atoms with E-state index in [0.29, 0.717) is 10.7 Å². The van der Waals surface area contributed by atoms with Gasteiger partial charge in [-0.05, 0) is 31.7 Å². The Hall–Kier alpha value is -1.68. The van der Waals surface area contributed by atoms with Crippen LogP contribution in [0.1, 0.15) is 38.6 Å². The Bertz CT molecular complexity index is 698. The quantitative estimate of drug-likeness (QED) is 0.837. The number of fused-ring (bicyclic) bond motifs is 1. The fourth-order valence-electron chi connectivity index (χ4n) is 2.22. The van der Waals surface area contributed by atoms with Crippen LogP contribution in [0.25, 0.3) is 0 Å². The SMILES string of the molecule is O=C(Nc1nc2c(s1)CCCC2)c1csc(C#CCO)c1. The number of carbonyl (C=O) groups is 1. The van der Waals surface area contributed by atoms with Gasteiger partial charge in [-0.2, -0.15) is 0 Å². The van der Waals surface area contributed by atoms with E-state index in [-0.39, 0.29) is 12.5 Å². The predicted molar refractivity (Wildman–Crippen MR) is 85.0 cm³/mol. The molecule has 0 atom stereocenters. The highest BCUT2D eigenvalue weighted by Crippen LogP contribution is 2.29. The highest BCUT2D eigenvalue weighted by molar-refractivity contribution is 7.16. The molecule has 2 heterocycles. The number of thiophene rings is 1. The van der Waals surface area contributed by atoms with Gasteiger partial charge in [-0.3, -0.25) is 10.1 Å². The molecule has 2 aromatic heterocycles. The van der Waals surface area contributed by atoms with Crippen LogP contribution < -0.4 is 5.32 Å². The van der Waals surface area contributed by atoms with E-state index in [1.54, 1.807) is 22.8 Å². The van der Waals surface area contributed by atoms with Crippen LogP contribution in [-0.2, 0) is 12.8 Å². The van der Waals surface area contributed by atoms with E-state index in [1.165, 1.54) is 29.1 Å². The highest BCUT2D eigenvalue weighted by Gasteiger charge is 2.17. The molecular formula is C15H14N2O2S2. The molecule has 1 aliphatic carbocycles. The van der Waals surface area contributed by atoms with E-state index in [0.717, 1.165) is 23.4 Å².